The largest absolute Gasteiger partial charge is 0.457 e. The minimum atomic E-state index is -0.327. The van der Waals surface area contributed by atoms with E-state index in [1.54, 1.807) is 12.1 Å². The van der Waals surface area contributed by atoms with Crippen molar-refractivity contribution in [3.8, 4) is 17.3 Å². The summed E-state index contributed by atoms with van der Waals surface area (Å²) in [5.74, 6) is 0.483. The van der Waals surface area contributed by atoms with Gasteiger partial charge in [-0.05, 0) is 59.3 Å². The summed E-state index contributed by atoms with van der Waals surface area (Å²) < 4.78 is 20.0. The minimum Gasteiger partial charge on any atom is -0.457 e. The molecule has 3 heterocycles. The topological polar surface area (TPSA) is 66.0 Å². The van der Waals surface area contributed by atoms with Crippen LogP contribution in [0.4, 0.5) is 15.2 Å². The van der Waals surface area contributed by atoms with Crippen LogP contribution in [0.15, 0.2) is 45.4 Å². The molecule has 29 heavy (non-hydrogen) atoms. The quantitative estimate of drug-likeness (QED) is 0.313. The molecule has 0 bridgehead atoms. The molecule has 0 aliphatic heterocycles. The normalized spacial score (nSPS) is 11.0. The zero-order valence-electron chi connectivity index (χ0n) is 15.7. The summed E-state index contributed by atoms with van der Waals surface area (Å²) in [5, 5.41) is 10.3. The third-order valence-corrected chi connectivity index (χ3v) is 5.94. The van der Waals surface area contributed by atoms with Crippen molar-refractivity contribution in [3.63, 3.8) is 0 Å². The number of benzene rings is 1. The van der Waals surface area contributed by atoms with Gasteiger partial charge in [-0.2, -0.15) is 5.26 Å². The Morgan fingerprint density at radius 3 is 2.59 bits per heavy atom. The molecular formula is C21H16BrFN4OS. The molecule has 0 saturated carbocycles. The summed E-state index contributed by atoms with van der Waals surface area (Å²) in [5.41, 5.74) is 3.56. The molecule has 1 aromatic carbocycles. The lowest BCUT2D eigenvalue weighted by atomic mass is 10.1. The Labute approximate surface area is 179 Å². The maximum Gasteiger partial charge on any atom is 0.191 e. The van der Waals surface area contributed by atoms with Crippen LogP contribution in [-0.2, 0) is 6.42 Å². The first kappa shape index (κ1) is 19.6. The van der Waals surface area contributed by atoms with Crippen molar-refractivity contribution in [2.75, 3.05) is 11.4 Å². The number of pyridine rings is 1. The van der Waals surface area contributed by atoms with Crippen LogP contribution in [-0.4, -0.2) is 16.5 Å². The lowest BCUT2D eigenvalue weighted by Gasteiger charge is -2.19. The fraction of sp³-hybridized carbons (Fsp3) is 0.190. The van der Waals surface area contributed by atoms with Crippen LogP contribution in [0.5, 0.6) is 0 Å². The smallest absolute Gasteiger partial charge is 0.191 e. The molecule has 5 nitrogen and oxygen atoms in total. The van der Waals surface area contributed by atoms with Gasteiger partial charge in [0.05, 0.1) is 0 Å². The Hall–Kier alpha value is -2.76. The monoisotopic (exact) mass is 470 g/mol. The third-order valence-electron chi connectivity index (χ3n) is 4.52. The molecular weight excluding hydrogens is 455 g/mol. The molecule has 146 valence electrons. The standard InChI is InChI=1S/C21H16BrFN4OS/c1-3-14-20(19-15(28-14)9-10-17(22)25-19)27(4-2)21-26-18(16(11-24)29-21)12-5-7-13(23)8-6-12/h5-10H,3-4H2,1-2H3. The predicted molar refractivity (Wildman–Crippen MR) is 116 cm³/mol. The number of aryl methyl sites for hydroxylation is 1. The Balaban J connectivity index is 1.88. The number of thiazole rings is 1. The van der Waals surface area contributed by atoms with Gasteiger partial charge in [0.2, 0.25) is 0 Å². The SMILES string of the molecule is CCc1oc2ccc(Br)nc2c1N(CC)c1nc(-c2ccc(F)cc2)c(C#N)s1. The number of aromatic nitrogens is 2. The molecule has 0 radical (unpaired) electrons. The van der Waals surface area contributed by atoms with Crippen molar-refractivity contribution in [2.45, 2.75) is 20.3 Å². The minimum absolute atomic E-state index is 0.327. The highest BCUT2D eigenvalue weighted by Gasteiger charge is 2.25. The van der Waals surface area contributed by atoms with Gasteiger partial charge >= 0.3 is 0 Å². The van der Waals surface area contributed by atoms with Crippen LogP contribution < -0.4 is 4.90 Å². The van der Waals surface area contributed by atoms with Gasteiger partial charge in [-0.3, -0.25) is 0 Å². The lowest BCUT2D eigenvalue weighted by Crippen LogP contribution is -2.17. The van der Waals surface area contributed by atoms with Gasteiger partial charge in [0, 0.05) is 18.5 Å². The number of hydrogen-bond acceptors (Lipinski definition) is 6. The average Bonchev–Trinajstić information content (AvgIpc) is 3.31. The summed E-state index contributed by atoms with van der Waals surface area (Å²) >= 11 is 4.73. The number of nitrogens with zero attached hydrogens (tertiary/aromatic N) is 4. The van der Waals surface area contributed by atoms with E-state index in [0.717, 1.165) is 21.6 Å². The van der Waals surface area contributed by atoms with Crippen LogP contribution in [0.3, 0.4) is 0 Å². The second-order valence-corrected chi connectivity index (χ2v) is 8.04. The highest BCUT2D eigenvalue weighted by atomic mass is 79.9. The van der Waals surface area contributed by atoms with Crippen molar-refractivity contribution in [1.82, 2.24) is 9.97 Å². The maximum atomic E-state index is 13.3. The average molecular weight is 471 g/mol. The molecule has 0 amide bonds. The Morgan fingerprint density at radius 1 is 1.17 bits per heavy atom. The highest BCUT2D eigenvalue weighted by Crippen LogP contribution is 2.41. The van der Waals surface area contributed by atoms with Crippen molar-refractivity contribution in [3.05, 3.63) is 57.5 Å². The summed E-state index contributed by atoms with van der Waals surface area (Å²) in [7, 11) is 0. The Morgan fingerprint density at radius 2 is 1.93 bits per heavy atom. The number of furan rings is 1. The van der Waals surface area contributed by atoms with E-state index in [1.165, 1.54) is 23.5 Å². The van der Waals surface area contributed by atoms with Crippen LogP contribution in [0, 0.1) is 17.1 Å². The Kier molecular flexibility index (Phi) is 5.35. The van der Waals surface area contributed by atoms with Crippen LogP contribution >= 0.6 is 27.3 Å². The zero-order valence-corrected chi connectivity index (χ0v) is 18.1. The predicted octanol–water partition coefficient (Wildman–Crippen LogP) is 6.44. The van der Waals surface area contributed by atoms with Crippen molar-refractivity contribution in [2.24, 2.45) is 0 Å². The van der Waals surface area contributed by atoms with Crippen molar-refractivity contribution >= 4 is 49.2 Å². The Bertz CT molecular complexity index is 1230. The molecule has 0 aliphatic carbocycles. The van der Waals surface area contributed by atoms with Crippen LogP contribution in [0.1, 0.15) is 24.5 Å². The van der Waals surface area contributed by atoms with Crippen LogP contribution in [0.2, 0.25) is 0 Å². The molecule has 3 aromatic heterocycles. The molecule has 4 aromatic rings. The maximum absolute atomic E-state index is 13.3. The van der Waals surface area contributed by atoms with E-state index in [4.69, 9.17) is 9.40 Å². The zero-order chi connectivity index (χ0) is 20.5. The van der Waals surface area contributed by atoms with Gasteiger partial charge in [-0.25, -0.2) is 14.4 Å². The molecule has 0 spiro atoms. The van der Waals surface area contributed by atoms with Crippen LogP contribution in [0.25, 0.3) is 22.4 Å². The molecule has 0 N–H and O–H groups in total. The van der Waals surface area contributed by atoms with E-state index in [0.29, 0.717) is 39.8 Å². The first-order valence-corrected chi connectivity index (χ1v) is 10.7. The summed E-state index contributed by atoms with van der Waals surface area (Å²) in [6.45, 7) is 4.66. The van der Waals surface area contributed by atoms with E-state index in [1.807, 2.05) is 30.9 Å². The van der Waals surface area contributed by atoms with E-state index in [-0.39, 0.29) is 5.82 Å². The fourth-order valence-corrected chi connectivity index (χ4v) is 4.46. The van der Waals surface area contributed by atoms with E-state index in [9.17, 15) is 9.65 Å². The number of rotatable bonds is 5. The number of anilines is 2. The molecule has 0 atom stereocenters. The van der Waals surface area contributed by atoms with Gasteiger partial charge in [-0.1, -0.05) is 18.3 Å². The van der Waals surface area contributed by atoms with Gasteiger partial charge < -0.3 is 9.32 Å². The molecule has 0 unspecified atom stereocenters. The van der Waals surface area contributed by atoms with Gasteiger partial charge in [-0.15, -0.1) is 0 Å². The number of hydrogen-bond donors (Lipinski definition) is 0. The van der Waals surface area contributed by atoms with E-state index >= 15 is 0 Å². The van der Waals surface area contributed by atoms with Gasteiger partial charge in [0.15, 0.2) is 10.7 Å². The number of halogens is 2. The molecule has 8 heteroatoms. The van der Waals surface area contributed by atoms with Gasteiger partial charge in [0.25, 0.3) is 0 Å². The fourth-order valence-electron chi connectivity index (χ4n) is 3.20. The third kappa shape index (κ3) is 3.52. The van der Waals surface area contributed by atoms with Crippen molar-refractivity contribution in [1.29, 1.82) is 5.26 Å². The molecule has 0 fully saturated rings. The van der Waals surface area contributed by atoms with Gasteiger partial charge in [0.1, 0.15) is 44.0 Å². The number of nitriles is 1. The second kappa shape index (κ2) is 7.93. The van der Waals surface area contributed by atoms with E-state index < -0.39 is 0 Å². The first-order valence-electron chi connectivity index (χ1n) is 9.08. The first-order chi connectivity index (χ1) is 14.0. The second-order valence-electron chi connectivity index (χ2n) is 6.25. The highest BCUT2D eigenvalue weighted by molar-refractivity contribution is 9.10. The summed E-state index contributed by atoms with van der Waals surface area (Å²) in [6.07, 6.45) is 0.696. The summed E-state index contributed by atoms with van der Waals surface area (Å²) in [4.78, 5) is 11.8. The lowest BCUT2D eigenvalue weighted by molar-refractivity contribution is 0.556. The molecule has 0 aliphatic rings. The molecule has 4 rings (SSSR count). The van der Waals surface area contributed by atoms with Crippen molar-refractivity contribution < 1.29 is 8.81 Å². The number of fused-ring (bicyclic) bond motifs is 1. The van der Waals surface area contributed by atoms with E-state index in [2.05, 4.69) is 27.0 Å². The summed E-state index contributed by atoms with van der Waals surface area (Å²) in [6, 6.07) is 11.9. The molecule has 0 saturated heterocycles.